The third-order valence-corrected chi connectivity index (χ3v) is 2.89. The Morgan fingerprint density at radius 3 is 2.72 bits per heavy atom. The molecule has 4 nitrogen and oxygen atoms in total. The summed E-state index contributed by atoms with van der Waals surface area (Å²) in [6, 6.07) is 4.05. The molecule has 2 heterocycles. The first-order valence-corrected chi connectivity index (χ1v) is 6.15. The topological polar surface area (TPSA) is 50.7 Å². The van der Waals surface area contributed by atoms with Gasteiger partial charge in [-0.3, -0.25) is 4.98 Å². The number of nitrogens with one attached hydrogen (secondary N) is 1. The number of aromatic nitrogens is 3. The van der Waals surface area contributed by atoms with Crippen LogP contribution in [0.5, 0.6) is 0 Å². The van der Waals surface area contributed by atoms with Gasteiger partial charge in [0.25, 0.3) is 0 Å². The minimum atomic E-state index is 0.0744. The summed E-state index contributed by atoms with van der Waals surface area (Å²) in [7, 11) is 0. The molecule has 1 N–H and O–H groups in total. The maximum absolute atomic E-state index is 4.51. The predicted molar refractivity (Wildman–Crippen MR) is 71.3 cm³/mol. The maximum atomic E-state index is 4.51. The van der Waals surface area contributed by atoms with E-state index in [1.807, 2.05) is 31.5 Å². The van der Waals surface area contributed by atoms with Crippen LogP contribution in [0.4, 0.5) is 0 Å². The van der Waals surface area contributed by atoms with E-state index in [4.69, 9.17) is 0 Å². The van der Waals surface area contributed by atoms with Gasteiger partial charge >= 0.3 is 0 Å². The van der Waals surface area contributed by atoms with E-state index in [1.54, 1.807) is 6.20 Å². The van der Waals surface area contributed by atoms with Crippen molar-refractivity contribution in [2.75, 3.05) is 6.54 Å². The second kappa shape index (κ2) is 5.69. The smallest absolute Gasteiger partial charge is 0.125 e. The average molecular weight is 242 g/mol. The van der Waals surface area contributed by atoms with Crippen molar-refractivity contribution in [1.29, 1.82) is 0 Å². The zero-order valence-corrected chi connectivity index (χ0v) is 11.0. The van der Waals surface area contributed by atoms with Crippen LogP contribution in [0.3, 0.4) is 0 Å². The van der Waals surface area contributed by atoms with Crippen LogP contribution >= 0.6 is 0 Å². The Hall–Kier alpha value is -1.81. The lowest BCUT2D eigenvalue weighted by Gasteiger charge is -2.19. The van der Waals surface area contributed by atoms with Crippen molar-refractivity contribution in [1.82, 2.24) is 20.3 Å². The van der Waals surface area contributed by atoms with Crippen LogP contribution in [0.25, 0.3) is 0 Å². The summed E-state index contributed by atoms with van der Waals surface area (Å²) in [6.45, 7) is 6.97. The van der Waals surface area contributed by atoms with Gasteiger partial charge in [0, 0.05) is 18.6 Å². The van der Waals surface area contributed by atoms with E-state index >= 15 is 0 Å². The molecule has 0 bridgehead atoms. The molecule has 1 unspecified atom stereocenters. The van der Waals surface area contributed by atoms with Gasteiger partial charge in [0.1, 0.15) is 5.82 Å². The highest BCUT2D eigenvalue weighted by atomic mass is 15.0. The lowest BCUT2D eigenvalue weighted by atomic mass is 10.0. The SMILES string of the molecule is CCNC(c1ccnc(C)n1)c1cnccc1C. The molecule has 0 saturated carbocycles. The lowest BCUT2D eigenvalue weighted by Crippen LogP contribution is -2.24. The standard InChI is InChI=1S/C14H18N4/c1-4-16-14(12-9-15-7-5-10(12)2)13-6-8-17-11(3)18-13/h5-9,14,16H,4H2,1-3H3. The molecule has 2 aromatic heterocycles. The molecule has 0 aliphatic rings. The maximum Gasteiger partial charge on any atom is 0.125 e. The number of hydrogen-bond donors (Lipinski definition) is 1. The Morgan fingerprint density at radius 2 is 2.06 bits per heavy atom. The first-order chi connectivity index (χ1) is 8.72. The van der Waals surface area contributed by atoms with E-state index < -0.39 is 0 Å². The molecular weight excluding hydrogens is 224 g/mol. The molecule has 0 saturated heterocycles. The van der Waals surface area contributed by atoms with Gasteiger partial charge in [-0.1, -0.05) is 6.92 Å². The largest absolute Gasteiger partial charge is 0.305 e. The fourth-order valence-corrected chi connectivity index (χ4v) is 1.99. The number of aryl methyl sites for hydroxylation is 2. The van der Waals surface area contributed by atoms with Gasteiger partial charge in [-0.25, -0.2) is 9.97 Å². The molecule has 18 heavy (non-hydrogen) atoms. The molecule has 0 aliphatic carbocycles. The number of rotatable bonds is 4. The predicted octanol–water partition coefficient (Wildman–Crippen LogP) is 2.19. The van der Waals surface area contributed by atoms with Crippen LogP contribution in [-0.2, 0) is 0 Å². The summed E-state index contributed by atoms with van der Waals surface area (Å²) in [6.07, 6.45) is 5.51. The number of nitrogens with zero attached hydrogens (tertiary/aromatic N) is 3. The Balaban J connectivity index is 2.43. The van der Waals surface area contributed by atoms with Crippen LogP contribution in [0.1, 0.15) is 35.6 Å². The second-order valence-corrected chi connectivity index (χ2v) is 4.25. The van der Waals surface area contributed by atoms with Gasteiger partial charge < -0.3 is 5.32 Å². The van der Waals surface area contributed by atoms with Crippen LogP contribution in [0.15, 0.2) is 30.7 Å². The quantitative estimate of drug-likeness (QED) is 0.893. The molecule has 0 spiro atoms. The van der Waals surface area contributed by atoms with Crippen LogP contribution in [-0.4, -0.2) is 21.5 Å². The third kappa shape index (κ3) is 2.71. The Labute approximate surface area is 108 Å². The average Bonchev–Trinajstić information content (AvgIpc) is 2.37. The normalized spacial score (nSPS) is 12.4. The van der Waals surface area contributed by atoms with Gasteiger partial charge in [0.2, 0.25) is 0 Å². The molecule has 94 valence electrons. The molecular formula is C14H18N4. The minimum Gasteiger partial charge on any atom is -0.305 e. The molecule has 4 heteroatoms. The highest BCUT2D eigenvalue weighted by Gasteiger charge is 2.16. The van der Waals surface area contributed by atoms with E-state index in [1.165, 1.54) is 5.56 Å². The van der Waals surface area contributed by atoms with E-state index in [0.29, 0.717) is 0 Å². The molecule has 1 atom stereocenters. The van der Waals surface area contributed by atoms with Crippen LogP contribution in [0, 0.1) is 13.8 Å². The zero-order valence-electron chi connectivity index (χ0n) is 11.0. The molecule has 0 radical (unpaired) electrons. The van der Waals surface area contributed by atoms with Crippen molar-refractivity contribution in [3.63, 3.8) is 0 Å². The Morgan fingerprint density at radius 1 is 1.22 bits per heavy atom. The fourth-order valence-electron chi connectivity index (χ4n) is 1.99. The monoisotopic (exact) mass is 242 g/mol. The summed E-state index contributed by atoms with van der Waals surface area (Å²) >= 11 is 0. The van der Waals surface area contributed by atoms with Crippen molar-refractivity contribution < 1.29 is 0 Å². The van der Waals surface area contributed by atoms with Crippen molar-refractivity contribution in [2.24, 2.45) is 0 Å². The van der Waals surface area contributed by atoms with E-state index in [-0.39, 0.29) is 6.04 Å². The Bertz CT molecular complexity index is 525. The molecule has 0 amide bonds. The molecule has 2 aromatic rings. The number of hydrogen-bond acceptors (Lipinski definition) is 4. The molecule has 2 rings (SSSR count). The summed E-state index contributed by atoms with van der Waals surface area (Å²) < 4.78 is 0. The van der Waals surface area contributed by atoms with Gasteiger partial charge in [0.05, 0.1) is 11.7 Å². The van der Waals surface area contributed by atoms with Crippen molar-refractivity contribution in [3.05, 3.63) is 53.4 Å². The second-order valence-electron chi connectivity index (χ2n) is 4.25. The van der Waals surface area contributed by atoms with Crippen molar-refractivity contribution in [2.45, 2.75) is 26.8 Å². The third-order valence-electron chi connectivity index (χ3n) is 2.89. The highest BCUT2D eigenvalue weighted by molar-refractivity contribution is 5.31. The van der Waals surface area contributed by atoms with Gasteiger partial charge in [-0.15, -0.1) is 0 Å². The molecule has 0 aromatic carbocycles. The summed E-state index contributed by atoms with van der Waals surface area (Å²) in [5.74, 6) is 0.789. The van der Waals surface area contributed by atoms with Crippen molar-refractivity contribution >= 4 is 0 Å². The lowest BCUT2D eigenvalue weighted by molar-refractivity contribution is 0.607. The Kier molecular flexibility index (Phi) is 3.99. The highest BCUT2D eigenvalue weighted by Crippen LogP contribution is 2.22. The first kappa shape index (κ1) is 12.6. The summed E-state index contributed by atoms with van der Waals surface area (Å²) in [4.78, 5) is 12.9. The van der Waals surface area contributed by atoms with E-state index in [9.17, 15) is 0 Å². The van der Waals surface area contributed by atoms with Crippen LogP contribution in [0.2, 0.25) is 0 Å². The van der Waals surface area contributed by atoms with Gasteiger partial charge in [-0.2, -0.15) is 0 Å². The van der Waals surface area contributed by atoms with Gasteiger partial charge in [0.15, 0.2) is 0 Å². The number of pyridine rings is 1. The van der Waals surface area contributed by atoms with Crippen molar-refractivity contribution in [3.8, 4) is 0 Å². The fraction of sp³-hybridized carbons (Fsp3) is 0.357. The van der Waals surface area contributed by atoms with E-state index in [2.05, 4.69) is 34.1 Å². The van der Waals surface area contributed by atoms with Gasteiger partial charge in [-0.05, 0) is 43.7 Å². The summed E-state index contributed by atoms with van der Waals surface area (Å²) in [5, 5.41) is 3.45. The molecule has 0 aliphatic heterocycles. The van der Waals surface area contributed by atoms with E-state index in [0.717, 1.165) is 23.6 Å². The molecule has 0 fully saturated rings. The van der Waals surface area contributed by atoms with Crippen LogP contribution < -0.4 is 5.32 Å². The first-order valence-electron chi connectivity index (χ1n) is 6.15. The minimum absolute atomic E-state index is 0.0744. The zero-order chi connectivity index (χ0) is 13.0. The summed E-state index contributed by atoms with van der Waals surface area (Å²) in [5.41, 5.74) is 3.37.